The van der Waals surface area contributed by atoms with Crippen molar-refractivity contribution in [2.24, 2.45) is 5.92 Å². The first-order valence-electron chi connectivity index (χ1n) is 6.73. The number of aliphatic hydroxyl groups is 1. The van der Waals surface area contributed by atoms with Gasteiger partial charge >= 0.3 is 0 Å². The summed E-state index contributed by atoms with van der Waals surface area (Å²) in [7, 11) is 0. The van der Waals surface area contributed by atoms with E-state index in [0.29, 0.717) is 19.1 Å². The molecule has 3 atom stereocenters. The molecule has 2 rings (SSSR count). The summed E-state index contributed by atoms with van der Waals surface area (Å²) in [5.41, 5.74) is -0.116. The SMILES string of the molecule is CCCOCC(O)C1CCOC2(CCOC2)C1. The quantitative estimate of drug-likeness (QED) is 0.742. The van der Waals surface area contributed by atoms with Gasteiger partial charge < -0.3 is 19.3 Å². The van der Waals surface area contributed by atoms with Crippen LogP contribution in [0, 0.1) is 5.92 Å². The van der Waals surface area contributed by atoms with Crippen LogP contribution in [-0.2, 0) is 14.2 Å². The second-order valence-electron chi connectivity index (χ2n) is 5.23. The zero-order valence-electron chi connectivity index (χ0n) is 10.7. The van der Waals surface area contributed by atoms with Crippen molar-refractivity contribution >= 4 is 0 Å². The highest BCUT2D eigenvalue weighted by Gasteiger charge is 2.42. The molecule has 0 bridgehead atoms. The molecule has 0 aromatic rings. The van der Waals surface area contributed by atoms with Crippen molar-refractivity contribution in [2.75, 3.05) is 33.0 Å². The van der Waals surface area contributed by atoms with Crippen molar-refractivity contribution in [1.82, 2.24) is 0 Å². The van der Waals surface area contributed by atoms with E-state index in [1.165, 1.54) is 0 Å². The monoisotopic (exact) mass is 244 g/mol. The molecule has 2 fully saturated rings. The molecule has 0 saturated carbocycles. The van der Waals surface area contributed by atoms with Gasteiger partial charge in [-0.05, 0) is 25.2 Å². The maximum absolute atomic E-state index is 10.1. The van der Waals surface area contributed by atoms with Gasteiger partial charge in [0.15, 0.2) is 0 Å². The lowest BCUT2D eigenvalue weighted by Crippen LogP contribution is -2.44. The fourth-order valence-electron chi connectivity index (χ4n) is 2.74. The molecule has 0 aromatic heterocycles. The minimum Gasteiger partial charge on any atom is -0.390 e. The Morgan fingerprint density at radius 3 is 3.06 bits per heavy atom. The molecule has 0 aromatic carbocycles. The van der Waals surface area contributed by atoms with Gasteiger partial charge in [0.25, 0.3) is 0 Å². The van der Waals surface area contributed by atoms with Crippen LogP contribution in [0.3, 0.4) is 0 Å². The van der Waals surface area contributed by atoms with Gasteiger partial charge in [-0.1, -0.05) is 6.92 Å². The first-order valence-corrected chi connectivity index (χ1v) is 6.73. The third-order valence-electron chi connectivity index (χ3n) is 3.78. The van der Waals surface area contributed by atoms with Gasteiger partial charge in [0, 0.05) is 26.2 Å². The van der Waals surface area contributed by atoms with Gasteiger partial charge in [-0.15, -0.1) is 0 Å². The summed E-state index contributed by atoms with van der Waals surface area (Å²) in [5.74, 6) is 0.294. The highest BCUT2D eigenvalue weighted by atomic mass is 16.6. The maximum Gasteiger partial charge on any atom is 0.0940 e. The van der Waals surface area contributed by atoms with Gasteiger partial charge in [-0.2, -0.15) is 0 Å². The average molecular weight is 244 g/mol. The predicted octanol–water partition coefficient (Wildman–Crippen LogP) is 1.36. The van der Waals surface area contributed by atoms with Crippen molar-refractivity contribution in [3.8, 4) is 0 Å². The molecule has 3 unspecified atom stereocenters. The van der Waals surface area contributed by atoms with Gasteiger partial charge in [0.05, 0.1) is 24.9 Å². The van der Waals surface area contributed by atoms with Crippen LogP contribution in [0.5, 0.6) is 0 Å². The van der Waals surface area contributed by atoms with Crippen molar-refractivity contribution in [3.63, 3.8) is 0 Å². The molecule has 4 heteroatoms. The zero-order chi connectivity index (χ0) is 12.1. The molecule has 1 spiro atoms. The zero-order valence-corrected chi connectivity index (χ0v) is 10.7. The van der Waals surface area contributed by atoms with E-state index in [0.717, 1.165) is 45.5 Å². The van der Waals surface area contributed by atoms with E-state index < -0.39 is 0 Å². The number of aliphatic hydroxyl groups excluding tert-OH is 1. The summed E-state index contributed by atoms with van der Waals surface area (Å²) < 4.78 is 16.7. The third-order valence-corrected chi connectivity index (χ3v) is 3.78. The molecule has 2 aliphatic rings. The van der Waals surface area contributed by atoms with Crippen molar-refractivity contribution in [3.05, 3.63) is 0 Å². The van der Waals surface area contributed by atoms with E-state index in [1.807, 2.05) is 0 Å². The Hall–Kier alpha value is -0.160. The molecule has 17 heavy (non-hydrogen) atoms. The number of hydrogen-bond donors (Lipinski definition) is 1. The normalized spacial score (nSPS) is 35.3. The Morgan fingerprint density at radius 1 is 1.47 bits per heavy atom. The molecule has 4 nitrogen and oxygen atoms in total. The fraction of sp³-hybridized carbons (Fsp3) is 1.00. The molecule has 0 amide bonds. The van der Waals surface area contributed by atoms with Crippen LogP contribution >= 0.6 is 0 Å². The van der Waals surface area contributed by atoms with Crippen LogP contribution in [0.2, 0.25) is 0 Å². The van der Waals surface area contributed by atoms with E-state index >= 15 is 0 Å². The van der Waals surface area contributed by atoms with Gasteiger partial charge in [-0.3, -0.25) is 0 Å². The third kappa shape index (κ3) is 3.41. The standard InChI is InChI=1S/C13H24O4/c1-2-5-15-9-12(14)11-3-6-17-13(8-11)4-7-16-10-13/h11-12,14H,2-10H2,1H3. The van der Waals surface area contributed by atoms with E-state index in [1.54, 1.807) is 0 Å². The Kier molecular flexibility index (Phi) is 4.79. The number of ether oxygens (including phenoxy) is 3. The van der Waals surface area contributed by atoms with Gasteiger partial charge in [0.1, 0.15) is 0 Å². The van der Waals surface area contributed by atoms with Crippen molar-refractivity contribution < 1.29 is 19.3 Å². The van der Waals surface area contributed by atoms with Crippen LogP contribution in [-0.4, -0.2) is 49.8 Å². The topological polar surface area (TPSA) is 47.9 Å². The summed E-state index contributed by atoms with van der Waals surface area (Å²) in [4.78, 5) is 0. The average Bonchev–Trinajstić information content (AvgIpc) is 2.77. The van der Waals surface area contributed by atoms with E-state index in [-0.39, 0.29) is 11.7 Å². The van der Waals surface area contributed by atoms with Crippen molar-refractivity contribution in [1.29, 1.82) is 0 Å². The fourth-order valence-corrected chi connectivity index (χ4v) is 2.74. The van der Waals surface area contributed by atoms with Crippen LogP contribution in [0.1, 0.15) is 32.6 Å². The van der Waals surface area contributed by atoms with E-state index in [2.05, 4.69) is 6.92 Å². The minimum absolute atomic E-state index is 0.116. The summed E-state index contributed by atoms with van der Waals surface area (Å²) in [6.45, 7) is 5.47. The second kappa shape index (κ2) is 6.14. The lowest BCUT2D eigenvalue weighted by molar-refractivity contribution is -0.124. The summed E-state index contributed by atoms with van der Waals surface area (Å²) in [6.07, 6.45) is 3.44. The Morgan fingerprint density at radius 2 is 2.35 bits per heavy atom. The molecule has 2 aliphatic heterocycles. The molecule has 0 radical (unpaired) electrons. The van der Waals surface area contributed by atoms with Gasteiger partial charge in [0.2, 0.25) is 0 Å². The first kappa shape index (κ1) is 13.3. The lowest BCUT2D eigenvalue weighted by Gasteiger charge is -2.38. The molecular weight excluding hydrogens is 220 g/mol. The Balaban J connectivity index is 1.79. The molecule has 2 saturated heterocycles. The Bertz CT molecular complexity index is 225. The largest absolute Gasteiger partial charge is 0.390 e. The highest BCUT2D eigenvalue weighted by molar-refractivity contribution is 4.92. The summed E-state index contributed by atoms with van der Waals surface area (Å²) in [6, 6.07) is 0. The second-order valence-corrected chi connectivity index (χ2v) is 5.23. The lowest BCUT2D eigenvalue weighted by atomic mass is 9.82. The van der Waals surface area contributed by atoms with Crippen LogP contribution < -0.4 is 0 Å². The van der Waals surface area contributed by atoms with E-state index in [4.69, 9.17) is 14.2 Å². The molecule has 1 N–H and O–H groups in total. The van der Waals surface area contributed by atoms with Crippen LogP contribution in [0.25, 0.3) is 0 Å². The van der Waals surface area contributed by atoms with Crippen LogP contribution in [0.15, 0.2) is 0 Å². The van der Waals surface area contributed by atoms with Gasteiger partial charge in [-0.25, -0.2) is 0 Å². The molecule has 2 heterocycles. The first-order chi connectivity index (χ1) is 8.26. The maximum atomic E-state index is 10.1. The number of rotatable bonds is 5. The molecule has 100 valence electrons. The van der Waals surface area contributed by atoms with Crippen LogP contribution in [0.4, 0.5) is 0 Å². The highest BCUT2D eigenvalue weighted by Crippen LogP contribution is 2.37. The predicted molar refractivity (Wildman–Crippen MR) is 64.0 cm³/mol. The molecule has 0 aliphatic carbocycles. The molecular formula is C13H24O4. The smallest absolute Gasteiger partial charge is 0.0940 e. The summed E-state index contributed by atoms with van der Waals surface area (Å²) >= 11 is 0. The minimum atomic E-state index is -0.358. The number of hydrogen-bond acceptors (Lipinski definition) is 4. The summed E-state index contributed by atoms with van der Waals surface area (Å²) in [5, 5.41) is 10.1. The van der Waals surface area contributed by atoms with E-state index in [9.17, 15) is 5.11 Å². The Labute approximate surface area is 103 Å². The van der Waals surface area contributed by atoms with Crippen molar-refractivity contribution in [2.45, 2.75) is 44.3 Å².